The van der Waals surface area contributed by atoms with Gasteiger partial charge in [0.05, 0.1) is 17.3 Å². The van der Waals surface area contributed by atoms with Crippen LogP contribution in [0.4, 0.5) is 5.69 Å². The summed E-state index contributed by atoms with van der Waals surface area (Å²) in [6.45, 7) is 0.284. The van der Waals surface area contributed by atoms with Crippen LogP contribution in [0.3, 0.4) is 0 Å². The largest absolute Gasteiger partial charge is 0.483 e. The van der Waals surface area contributed by atoms with Crippen molar-refractivity contribution in [3.05, 3.63) is 35.9 Å². The Bertz CT molecular complexity index is 569. The summed E-state index contributed by atoms with van der Waals surface area (Å²) >= 11 is 0. The Morgan fingerprint density at radius 1 is 1.53 bits per heavy atom. The predicted octanol–water partition coefficient (Wildman–Crippen LogP) is 0.848. The number of aromatic nitrogens is 3. The van der Waals surface area contributed by atoms with Gasteiger partial charge in [0.2, 0.25) is 0 Å². The molecule has 0 fully saturated rings. The van der Waals surface area contributed by atoms with Crippen molar-refractivity contribution in [1.82, 2.24) is 14.8 Å². The molecule has 2 rings (SSSR count). The summed E-state index contributed by atoms with van der Waals surface area (Å²) in [6, 6.07) is 6.91. The highest BCUT2D eigenvalue weighted by atomic mass is 16.5. The van der Waals surface area contributed by atoms with Crippen LogP contribution >= 0.6 is 0 Å². The van der Waals surface area contributed by atoms with Gasteiger partial charge in [-0.3, -0.25) is 4.68 Å². The minimum absolute atomic E-state index is 0.284. The van der Waals surface area contributed by atoms with Gasteiger partial charge in [0, 0.05) is 7.05 Å². The van der Waals surface area contributed by atoms with Gasteiger partial charge in [0.25, 0.3) is 0 Å². The lowest BCUT2D eigenvalue weighted by molar-refractivity contribution is 0.291. The molecule has 0 saturated carbocycles. The Hall–Kier alpha value is -2.55. The maximum absolute atomic E-state index is 8.70. The van der Waals surface area contributed by atoms with Crippen LogP contribution in [0.5, 0.6) is 5.75 Å². The van der Waals surface area contributed by atoms with E-state index in [2.05, 4.69) is 10.1 Å². The number of rotatable bonds is 3. The average molecular weight is 229 g/mol. The van der Waals surface area contributed by atoms with E-state index in [0.717, 1.165) is 0 Å². The molecule has 2 N–H and O–H groups in total. The first kappa shape index (κ1) is 11.0. The molecule has 86 valence electrons. The third-order valence-corrected chi connectivity index (χ3v) is 2.30. The number of nitrogens with zero attached hydrogens (tertiary/aromatic N) is 4. The molecule has 0 amide bonds. The fourth-order valence-corrected chi connectivity index (χ4v) is 1.34. The number of ether oxygens (including phenoxy) is 1. The number of nitriles is 1. The van der Waals surface area contributed by atoms with Crippen molar-refractivity contribution in [3.63, 3.8) is 0 Å². The Morgan fingerprint density at radius 2 is 2.35 bits per heavy atom. The molecule has 0 spiro atoms. The molecule has 0 unspecified atom stereocenters. The van der Waals surface area contributed by atoms with Gasteiger partial charge in [-0.15, -0.1) is 0 Å². The van der Waals surface area contributed by atoms with Crippen LogP contribution in [0.25, 0.3) is 0 Å². The third kappa shape index (κ3) is 2.34. The summed E-state index contributed by atoms with van der Waals surface area (Å²) in [5.41, 5.74) is 6.70. The lowest BCUT2D eigenvalue weighted by Gasteiger charge is -2.08. The Balaban J connectivity index is 2.10. The molecule has 0 aliphatic rings. The number of hydrogen-bond donors (Lipinski definition) is 1. The second-order valence-electron chi connectivity index (χ2n) is 3.45. The van der Waals surface area contributed by atoms with E-state index in [1.807, 2.05) is 6.07 Å². The summed E-state index contributed by atoms with van der Waals surface area (Å²) in [4.78, 5) is 4.03. The number of anilines is 1. The van der Waals surface area contributed by atoms with Crippen molar-refractivity contribution >= 4 is 5.69 Å². The molecule has 0 radical (unpaired) electrons. The Labute approximate surface area is 98.3 Å². The molecular formula is C11H11N5O. The lowest BCUT2D eigenvalue weighted by Crippen LogP contribution is -2.05. The summed E-state index contributed by atoms with van der Waals surface area (Å²) in [6.07, 6.45) is 1.46. The molecule has 17 heavy (non-hydrogen) atoms. The summed E-state index contributed by atoms with van der Waals surface area (Å²) < 4.78 is 7.13. The van der Waals surface area contributed by atoms with Crippen molar-refractivity contribution < 1.29 is 4.74 Å². The van der Waals surface area contributed by atoms with E-state index in [-0.39, 0.29) is 6.61 Å². The van der Waals surface area contributed by atoms with Crippen LogP contribution in [0.15, 0.2) is 24.5 Å². The van der Waals surface area contributed by atoms with Gasteiger partial charge in [0.15, 0.2) is 5.82 Å². The first-order valence-corrected chi connectivity index (χ1v) is 4.96. The number of nitrogens with two attached hydrogens (primary N) is 1. The smallest absolute Gasteiger partial charge is 0.164 e. The summed E-state index contributed by atoms with van der Waals surface area (Å²) in [5, 5.41) is 12.6. The summed E-state index contributed by atoms with van der Waals surface area (Å²) in [7, 11) is 1.79. The highest BCUT2D eigenvalue weighted by Crippen LogP contribution is 2.22. The second-order valence-corrected chi connectivity index (χ2v) is 3.45. The van der Waals surface area contributed by atoms with Crippen molar-refractivity contribution in [2.75, 3.05) is 5.73 Å². The molecule has 1 aromatic heterocycles. The van der Waals surface area contributed by atoms with E-state index in [1.165, 1.54) is 6.33 Å². The van der Waals surface area contributed by atoms with Gasteiger partial charge in [-0.25, -0.2) is 4.98 Å². The fourth-order valence-electron chi connectivity index (χ4n) is 1.34. The molecule has 0 bridgehead atoms. The van der Waals surface area contributed by atoms with Gasteiger partial charge >= 0.3 is 0 Å². The van der Waals surface area contributed by atoms with E-state index in [1.54, 1.807) is 29.9 Å². The van der Waals surface area contributed by atoms with Crippen molar-refractivity contribution in [3.8, 4) is 11.8 Å². The molecule has 0 saturated heterocycles. The van der Waals surface area contributed by atoms with Crippen molar-refractivity contribution in [2.45, 2.75) is 6.61 Å². The number of nitrogen functional groups attached to an aromatic ring is 1. The van der Waals surface area contributed by atoms with Gasteiger partial charge in [-0.05, 0) is 18.2 Å². The molecule has 6 heteroatoms. The van der Waals surface area contributed by atoms with Gasteiger partial charge < -0.3 is 10.5 Å². The highest BCUT2D eigenvalue weighted by molar-refractivity contribution is 5.56. The molecule has 1 aromatic carbocycles. The van der Waals surface area contributed by atoms with E-state index >= 15 is 0 Å². The second kappa shape index (κ2) is 4.53. The number of benzene rings is 1. The van der Waals surface area contributed by atoms with E-state index in [4.69, 9.17) is 15.7 Å². The molecule has 2 aromatic rings. The molecular weight excluding hydrogens is 218 g/mol. The van der Waals surface area contributed by atoms with Crippen LogP contribution in [0, 0.1) is 11.3 Å². The SMILES string of the molecule is Cn1ncnc1COc1ccc(C#N)cc1N. The first-order chi connectivity index (χ1) is 8.20. The molecule has 0 aliphatic carbocycles. The minimum atomic E-state index is 0.284. The van der Waals surface area contributed by atoms with Crippen molar-refractivity contribution in [1.29, 1.82) is 5.26 Å². The maximum atomic E-state index is 8.70. The Morgan fingerprint density at radius 3 is 2.94 bits per heavy atom. The van der Waals surface area contributed by atoms with Crippen LogP contribution in [-0.2, 0) is 13.7 Å². The van der Waals surface area contributed by atoms with E-state index in [0.29, 0.717) is 22.8 Å². The van der Waals surface area contributed by atoms with Crippen LogP contribution in [0.2, 0.25) is 0 Å². The minimum Gasteiger partial charge on any atom is -0.483 e. The molecule has 0 atom stereocenters. The first-order valence-electron chi connectivity index (χ1n) is 4.96. The fraction of sp³-hybridized carbons (Fsp3) is 0.182. The zero-order valence-electron chi connectivity index (χ0n) is 9.29. The monoisotopic (exact) mass is 229 g/mol. The number of aryl methyl sites for hydroxylation is 1. The third-order valence-electron chi connectivity index (χ3n) is 2.30. The normalized spacial score (nSPS) is 9.88. The molecule has 6 nitrogen and oxygen atoms in total. The quantitative estimate of drug-likeness (QED) is 0.788. The van der Waals surface area contributed by atoms with Gasteiger partial charge in [-0.2, -0.15) is 10.4 Å². The average Bonchev–Trinajstić information content (AvgIpc) is 2.73. The highest BCUT2D eigenvalue weighted by Gasteiger charge is 2.05. The zero-order chi connectivity index (χ0) is 12.3. The number of hydrogen-bond acceptors (Lipinski definition) is 5. The molecule has 0 aliphatic heterocycles. The topological polar surface area (TPSA) is 89.8 Å². The maximum Gasteiger partial charge on any atom is 0.164 e. The van der Waals surface area contributed by atoms with Crippen LogP contribution in [-0.4, -0.2) is 14.8 Å². The van der Waals surface area contributed by atoms with Gasteiger partial charge in [0.1, 0.15) is 18.7 Å². The Kier molecular flexibility index (Phi) is 2.92. The molecule has 1 heterocycles. The zero-order valence-corrected chi connectivity index (χ0v) is 9.29. The van der Waals surface area contributed by atoms with Crippen LogP contribution < -0.4 is 10.5 Å². The van der Waals surface area contributed by atoms with Crippen LogP contribution in [0.1, 0.15) is 11.4 Å². The standard InChI is InChI=1S/C11H11N5O/c1-16-11(14-7-15-16)6-17-10-3-2-8(5-12)4-9(10)13/h2-4,7H,6,13H2,1H3. The van der Waals surface area contributed by atoms with E-state index in [9.17, 15) is 0 Å². The summed E-state index contributed by atoms with van der Waals surface area (Å²) in [5.74, 6) is 1.24. The van der Waals surface area contributed by atoms with Gasteiger partial charge in [-0.1, -0.05) is 0 Å². The van der Waals surface area contributed by atoms with Crippen molar-refractivity contribution in [2.24, 2.45) is 7.05 Å². The van der Waals surface area contributed by atoms with E-state index < -0.39 is 0 Å². The lowest BCUT2D eigenvalue weighted by atomic mass is 10.2. The predicted molar refractivity (Wildman–Crippen MR) is 60.9 cm³/mol.